The molecule has 0 aliphatic rings. The molecule has 0 unspecified atom stereocenters. The van der Waals surface area contributed by atoms with Gasteiger partial charge in [0.15, 0.2) is 0 Å². The Morgan fingerprint density at radius 3 is 1.76 bits per heavy atom. The predicted octanol–water partition coefficient (Wildman–Crippen LogP) is 2.67. The molecule has 0 radical (unpaired) electrons. The van der Waals surface area contributed by atoms with E-state index < -0.39 is 11.9 Å². The van der Waals surface area contributed by atoms with Gasteiger partial charge < -0.3 is 10.2 Å². The lowest BCUT2D eigenvalue weighted by atomic mass is 9.84. The van der Waals surface area contributed by atoms with Gasteiger partial charge in [0.25, 0.3) is 0 Å². The number of hydrogen-bond acceptors (Lipinski definition) is 2. The lowest BCUT2D eigenvalue weighted by Crippen LogP contribution is -2.17. The number of carboxylic acid groups (broad SMARTS) is 2. The number of benzene rings is 1. The van der Waals surface area contributed by atoms with Crippen LogP contribution in [0, 0.1) is 5.41 Å². The first-order valence-electron chi connectivity index (χ1n) is 5.31. The average molecular weight is 236 g/mol. The fourth-order valence-electron chi connectivity index (χ4n) is 1.71. The second-order valence-corrected chi connectivity index (χ2v) is 5.18. The molecule has 4 nitrogen and oxygen atoms in total. The van der Waals surface area contributed by atoms with Crippen LogP contribution < -0.4 is 0 Å². The van der Waals surface area contributed by atoms with E-state index in [1.807, 2.05) is 20.8 Å². The van der Waals surface area contributed by atoms with Crippen molar-refractivity contribution in [3.05, 3.63) is 34.9 Å². The predicted molar refractivity (Wildman–Crippen MR) is 63.5 cm³/mol. The summed E-state index contributed by atoms with van der Waals surface area (Å²) in [6.07, 6.45) is 0.414. The summed E-state index contributed by atoms with van der Waals surface area (Å²) < 4.78 is 0. The molecule has 0 heterocycles. The van der Waals surface area contributed by atoms with E-state index in [0.717, 1.165) is 0 Å². The lowest BCUT2D eigenvalue weighted by molar-refractivity contribution is 0.0694. The summed E-state index contributed by atoms with van der Waals surface area (Å²) >= 11 is 0. The van der Waals surface area contributed by atoms with Gasteiger partial charge in [0.2, 0.25) is 0 Å². The second kappa shape index (κ2) is 4.57. The molecule has 0 spiro atoms. The molecule has 2 N–H and O–H groups in total. The first kappa shape index (κ1) is 13.2. The number of carbonyl (C=O) groups is 2. The van der Waals surface area contributed by atoms with Gasteiger partial charge in [0, 0.05) is 0 Å². The van der Waals surface area contributed by atoms with Gasteiger partial charge in [-0.15, -0.1) is 0 Å². The monoisotopic (exact) mass is 236 g/mol. The van der Waals surface area contributed by atoms with Crippen LogP contribution in [0.25, 0.3) is 0 Å². The molecule has 0 aliphatic carbocycles. The summed E-state index contributed by atoms with van der Waals surface area (Å²) in [6, 6.07) is 4.34. The van der Waals surface area contributed by atoms with Crippen LogP contribution in [0.3, 0.4) is 0 Å². The van der Waals surface area contributed by atoms with E-state index in [0.29, 0.717) is 12.0 Å². The normalized spacial score (nSPS) is 11.2. The van der Waals surface area contributed by atoms with Gasteiger partial charge in [-0.1, -0.05) is 26.8 Å². The average Bonchev–Trinajstić information content (AvgIpc) is 2.14. The van der Waals surface area contributed by atoms with Crippen LogP contribution >= 0.6 is 0 Å². The van der Waals surface area contributed by atoms with Crippen LogP contribution in [-0.4, -0.2) is 22.2 Å². The zero-order valence-corrected chi connectivity index (χ0v) is 10.2. The van der Waals surface area contributed by atoms with E-state index in [9.17, 15) is 9.59 Å². The Balaban J connectivity index is 3.39. The Bertz CT molecular complexity index is 423. The first-order chi connectivity index (χ1) is 7.72. The maximum absolute atomic E-state index is 11.1. The van der Waals surface area contributed by atoms with E-state index in [1.165, 1.54) is 18.2 Å². The Labute approximate surface area is 99.9 Å². The quantitative estimate of drug-likeness (QED) is 0.846. The fourth-order valence-corrected chi connectivity index (χ4v) is 1.71. The maximum Gasteiger partial charge on any atom is 0.335 e. The van der Waals surface area contributed by atoms with Crippen molar-refractivity contribution >= 4 is 11.9 Å². The van der Waals surface area contributed by atoms with Gasteiger partial charge in [-0.2, -0.15) is 0 Å². The van der Waals surface area contributed by atoms with Gasteiger partial charge >= 0.3 is 11.9 Å². The van der Waals surface area contributed by atoms with Gasteiger partial charge in [0.05, 0.1) is 11.1 Å². The largest absolute Gasteiger partial charge is 0.478 e. The third-order valence-electron chi connectivity index (χ3n) is 2.34. The van der Waals surface area contributed by atoms with E-state index in [1.54, 1.807) is 0 Å². The zero-order chi connectivity index (χ0) is 13.2. The van der Waals surface area contributed by atoms with Crippen molar-refractivity contribution in [2.24, 2.45) is 5.41 Å². The van der Waals surface area contributed by atoms with Crippen molar-refractivity contribution in [2.45, 2.75) is 27.2 Å². The molecule has 1 aromatic rings. The minimum atomic E-state index is -1.09. The maximum atomic E-state index is 11.1. The standard InChI is InChI=1S/C13H16O4/c1-13(2,3)7-10-8(11(14)15)5-4-6-9(10)12(16)17/h4-6H,7H2,1-3H3,(H,14,15)(H,16,17). The van der Waals surface area contributed by atoms with Gasteiger partial charge in [-0.3, -0.25) is 0 Å². The molecule has 0 aliphatic heterocycles. The second-order valence-electron chi connectivity index (χ2n) is 5.18. The van der Waals surface area contributed by atoms with E-state index in [-0.39, 0.29) is 16.5 Å². The third-order valence-corrected chi connectivity index (χ3v) is 2.34. The van der Waals surface area contributed by atoms with Crippen molar-refractivity contribution < 1.29 is 19.8 Å². The van der Waals surface area contributed by atoms with Crippen molar-refractivity contribution in [3.8, 4) is 0 Å². The van der Waals surface area contributed by atoms with Crippen molar-refractivity contribution in [1.82, 2.24) is 0 Å². The molecule has 0 atom stereocenters. The summed E-state index contributed by atoms with van der Waals surface area (Å²) in [5.41, 5.74) is 0.357. The number of aromatic carboxylic acids is 2. The molecule has 0 bridgehead atoms. The third kappa shape index (κ3) is 3.31. The van der Waals surface area contributed by atoms with Crippen molar-refractivity contribution in [2.75, 3.05) is 0 Å². The van der Waals surface area contributed by atoms with Crippen LogP contribution in [0.4, 0.5) is 0 Å². The molecular formula is C13H16O4. The highest BCUT2D eigenvalue weighted by molar-refractivity contribution is 5.96. The van der Waals surface area contributed by atoms with Gasteiger partial charge in [0.1, 0.15) is 0 Å². The SMILES string of the molecule is CC(C)(C)Cc1c(C(=O)O)cccc1C(=O)O. The van der Waals surface area contributed by atoms with Crippen LogP contribution in [0.5, 0.6) is 0 Å². The van der Waals surface area contributed by atoms with Gasteiger partial charge in [-0.25, -0.2) is 9.59 Å². The highest BCUT2D eigenvalue weighted by Crippen LogP contribution is 2.26. The number of carboxylic acids is 2. The van der Waals surface area contributed by atoms with Crippen LogP contribution in [-0.2, 0) is 6.42 Å². The molecule has 0 saturated carbocycles. The lowest BCUT2D eigenvalue weighted by Gasteiger charge is -2.20. The number of hydrogen-bond donors (Lipinski definition) is 2. The molecule has 92 valence electrons. The van der Waals surface area contributed by atoms with E-state index >= 15 is 0 Å². The molecule has 1 aromatic carbocycles. The minimum absolute atomic E-state index is 0.0693. The Kier molecular flexibility index (Phi) is 3.56. The molecule has 0 fully saturated rings. The molecule has 4 heteroatoms. The van der Waals surface area contributed by atoms with Crippen LogP contribution in [0.1, 0.15) is 47.1 Å². The van der Waals surface area contributed by atoms with Gasteiger partial charge in [-0.05, 0) is 29.5 Å². The van der Waals surface area contributed by atoms with E-state index in [2.05, 4.69) is 0 Å². The summed E-state index contributed by atoms with van der Waals surface area (Å²) in [4.78, 5) is 22.2. The smallest absolute Gasteiger partial charge is 0.335 e. The number of rotatable bonds is 3. The Morgan fingerprint density at radius 1 is 1.06 bits per heavy atom. The van der Waals surface area contributed by atoms with Crippen LogP contribution in [0.15, 0.2) is 18.2 Å². The summed E-state index contributed by atoms with van der Waals surface area (Å²) in [6.45, 7) is 5.83. The van der Waals surface area contributed by atoms with Crippen LogP contribution in [0.2, 0.25) is 0 Å². The first-order valence-corrected chi connectivity index (χ1v) is 5.31. The highest BCUT2D eigenvalue weighted by Gasteiger charge is 2.22. The molecule has 17 heavy (non-hydrogen) atoms. The zero-order valence-electron chi connectivity index (χ0n) is 10.2. The summed E-state index contributed by atoms with van der Waals surface area (Å²) in [7, 11) is 0. The summed E-state index contributed by atoms with van der Waals surface area (Å²) in [5.74, 6) is -2.18. The molecule has 0 saturated heterocycles. The molecule has 0 amide bonds. The van der Waals surface area contributed by atoms with Crippen molar-refractivity contribution in [1.29, 1.82) is 0 Å². The Hall–Kier alpha value is -1.84. The summed E-state index contributed by atoms with van der Waals surface area (Å²) in [5, 5.41) is 18.2. The minimum Gasteiger partial charge on any atom is -0.478 e. The van der Waals surface area contributed by atoms with Crippen molar-refractivity contribution in [3.63, 3.8) is 0 Å². The molecule has 1 rings (SSSR count). The fraction of sp³-hybridized carbons (Fsp3) is 0.385. The van der Waals surface area contributed by atoms with E-state index in [4.69, 9.17) is 10.2 Å². The molecule has 0 aromatic heterocycles. The topological polar surface area (TPSA) is 74.6 Å². The highest BCUT2D eigenvalue weighted by atomic mass is 16.4. The molecular weight excluding hydrogens is 220 g/mol. The Morgan fingerprint density at radius 2 is 1.47 bits per heavy atom.